The SMILES string of the molecule is CN(CC(=O)NCCOc1ccccc1)c1nc2ccccc2s1. The highest BCUT2D eigenvalue weighted by Crippen LogP contribution is 2.27. The van der Waals surface area contributed by atoms with Gasteiger partial charge in [0.1, 0.15) is 12.4 Å². The number of likely N-dealkylation sites (N-methyl/N-ethyl adjacent to an activating group) is 1. The first-order chi connectivity index (χ1) is 11.7. The summed E-state index contributed by atoms with van der Waals surface area (Å²) in [5.41, 5.74) is 0.959. The molecule has 24 heavy (non-hydrogen) atoms. The number of para-hydroxylation sites is 2. The molecule has 0 unspecified atom stereocenters. The van der Waals surface area contributed by atoms with Crippen LogP contribution in [0.4, 0.5) is 5.13 Å². The van der Waals surface area contributed by atoms with Crippen LogP contribution >= 0.6 is 11.3 Å². The second-order valence-corrected chi connectivity index (χ2v) is 6.34. The van der Waals surface area contributed by atoms with E-state index < -0.39 is 0 Å². The number of anilines is 1. The van der Waals surface area contributed by atoms with E-state index in [9.17, 15) is 4.79 Å². The lowest BCUT2D eigenvalue weighted by Crippen LogP contribution is -2.37. The van der Waals surface area contributed by atoms with Crippen molar-refractivity contribution in [3.8, 4) is 5.75 Å². The number of ether oxygens (including phenoxy) is 1. The molecule has 0 saturated carbocycles. The molecule has 1 amide bonds. The number of nitrogens with one attached hydrogen (secondary N) is 1. The van der Waals surface area contributed by atoms with Crippen molar-refractivity contribution in [2.45, 2.75) is 0 Å². The van der Waals surface area contributed by atoms with Gasteiger partial charge in [0.25, 0.3) is 0 Å². The first-order valence-corrected chi connectivity index (χ1v) is 8.55. The first-order valence-electron chi connectivity index (χ1n) is 7.73. The Labute approximate surface area is 144 Å². The maximum atomic E-state index is 12.0. The van der Waals surface area contributed by atoms with Crippen molar-refractivity contribution in [1.82, 2.24) is 10.3 Å². The average Bonchev–Trinajstić information content (AvgIpc) is 3.04. The standard InChI is InChI=1S/C18H19N3O2S/c1-21(18-20-15-9-5-6-10-16(15)24-18)13-17(22)19-11-12-23-14-7-3-2-4-8-14/h2-10H,11-13H2,1H3,(H,19,22). The van der Waals surface area contributed by atoms with Crippen LogP contribution in [0.15, 0.2) is 54.6 Å². The molecule has 6 heteroatoms. The number of amides is 1. The molecule has 5 nitrogen and oxygen atoms in total. The van der Waals surface area contributed by atoms with E-state index in [1.165, 1.54) is 0 Å². The Bertz CT molecular complexity index is 771. The van der Waals surface area contributed by atoms with E-state index in [-0.39, 0.29) is 12.5 Å². The fourth-order valence-corrected chi connectivity index (χ4v) is 3.16. The molecule has 0 aliphatic carbocycles. The second kappa shape index (κ2) is 7.79. The molecule has 0 bridgehead atoms. The summed E-state index contributed by atoms with van der Waals surface area (Å²) in [6.07, 6.45) is 0. The van der Waals surface area contributed by atoms with Gasteiger partial charge in [-0.3, -0.25) is 4.79 Å². The molecule has 0 atom stereocenters. The van der Waals surface area contributed by atoms with Crippen LogP contribution in [0.1, 0.15) is 0 Å². The second-order valence-electron chi connectivity index (χ2n) is 5.33. The number of thiazole rings is 1. The summed E-state index contributed by atoms with van der Waals surface area (Å²) in [4.78, 5) is 18.4. The molecule has 0 aliphatic heterocycles. The minimum absolute atomic E-state index is 0.0478. The van der Waals surface area contributed by atoms with E-state index in [1.807, 2.05) is 66.5 Å². The zero-order chi connectivity index (χ0) is 16.8. The van der Waals surface area contributed by atoms with Crippen LogP contribution in [0.5, 0.6) is 5.75 Å². The van der Waals surface area contributed by atoms with Gasteiger partial charge in [-0.15, -0.1) is 0 Å². The van der Waals surface area contributed by atoms with Crippen molar-refractivity contribution < 1.29 is 9.53 Å². The maximum absolute atomic E-state index is 12.0. The van der Waals surface area contributed by atoms with E-state index >= 15 is 0 Å². The topological polar surface area (TPSA) is 54.5 Å². The fraction of sp³-hybridized carbons (Fsp3) is 0.222. The summed E-state index contributed by atoms with van der Waals surface area (Å²) in [7, 11) is 1.87. The molecule has 0 fully saturated rings. The summed E-state index contributed by atoms with van der Waals surface area (Å²) in [6, 6.07) is 17.5. The molecule has 0 spiro atoms. The van der Waals surface area contributed by atoms with E-state index in [0.29, 0.717) is 13.2 Å². The number of carbonyl (C=O) groups is 1. The van der Waals surface area contributed by atoms with Crippen molar-refractivity contribution in [3.05, 3.63) is 54.6 Å². The summed E-state index contributed by atoms with van der Waals surface area (Å²) in [5.74, 6) is 0.756. The molecule has 1 N–H and O–H groups in total. The molecule has 0 radical (unpaired) electrons. The predicted octanol–water partition coefficient (Wildman–Crippen LogP) is 2.93. The first kappa shape index (κ1) is 16.3. The lowest BCUT2D eigenvalue weighted by atomic mass is 10.3. The molecule has 0 saturated heterocycles. The van der Waals surface area contributed by atoms with Gasteiger partial charge in [-0.05, 0) is 24.3 Å². The Balaban J connectivity index is 1.44. The van der Waals surface area contributed by atoms with Gasteiger partial charge in [0, 0.05) is 7.05 Å². The van der Waals surface area contributed by atoms with Crippen molar-refractivity contribution in [1.29, 1.82) is 0 Å². The van der Waals surface area contributed by atoms with Gasteiger partial charge in [0.05, 0.1) is 23.3 Å². The molecule has 3 rings (SSSR count). The number of hydrogen-bond acceptors (Lipinski definition) is 5. The number of carbonyl (C=O) groups excluding carboxylic acids is 1. The summed E-state index contributed by atoms with van der Waals surface area (Å²) >= 11 is 1.58. The Hall–Kier alpha value is -2.60. The molecule has 124 valence electrons. The molecule has 3 aromatic rings. The highest BCUT2D eigenvalue weighted by atomic mass is 32.1. The van der Waals surface area contributed by atoms with E-state index in [0.717, 1.165) is 21.1 Å². The maximum Gasteiger partial charge on any atom is 0.239 e. The van der Waals surface area contributed by atoms with Gasteiger partial charge in [0.15, 0.2) is 5.13 Å². The normalized spacial score (nSPS) is 10.5. The van der Waals surface area contributed by atoms with Gasteiger partial charge in [-0.1, -0.05) is 41.7 Å². The van der Waals surface area contributed by atoms with Crippen LogP contribution < -0.4 is 15.0 Å². The van der Waals surface area contributed by atoms with Gasteiger partial charge < -0.3 is 15.0 Å². The minimum atomic E-state index is -0.0478. The summed E-state index contributed by atoms with van der Waals surface area (Å²) < 4.78 is 6.67. The largest absolute Gasteiger partial charge is 0.492 e. The van der Waals surface area contributed by atoms with Crippen molar-refractivity contribution in [2.75, 3.05) is 31.6 Å². The number of hydrogen-bond donors (Lipinski definition) is 1. The quantitative estimate of drug-likeness (QED) is 0.672. The average molecular weight is 341 g/mol. The van der Waals surface area contributed by atoms with Crippen molar-refractivity contribution in [3.63, 3.8) is 0 Å². The summed E-state index contributed by atoms with van der Waals surface area (Å²) in [6.45, 7) is 1.19. The van der Waals surface area contributed by atoms with Crippen molar-refractivity contribution >= 4 is 32.6 Å². The van der Waals surface area contributed by atoms with Crippen LogP contribution in [0.2, 0.25) is 0 Å². The van der Waals surface area contributed by atoms with Crippen LogP contribution in [-0.4, -0.2) is 37.6 Å². The Morgan fingerprint density at radius 1 is 1.17 bits per heavy atom. The van der Waals surface area contributed by atoms with Crippen LogP contribution in [0.25, 0.3) is 10.2 Å². The zero-order valence-electron chi connectivity index (χ0n) is 13.4. The van der Waals surface area contributed by atoms with Gasteiger partial charge in [0.2, 0.25) is 5.91 Å². The highest BCUT2D eigenvalue weighted by molar-refractivity contribution is 7.22. The van der Waals surface area contributed by atoms with Crippen molar-refractivity contribution in [2.24, 2.45) is 0 Å². The minimum Gasteiger partial charge on any atom is -0.492 e. The highest BCUT2D eigenvalue weighted by Gasteiger charge is 2.11. The molecule has 0 aliphatic rings. The van der Waals surface area contributed by atoms with Gasteiger partial charge in [-0.25, -0.2) is 4.98 Å². The number of nitrogens with zero attached hydrogens (tertiary/aromatic N) is 2. The van der Waals surface area contributed by atoms with E-state index in [4.69, 9.17) is 4.74 Å². The molecular formula is C18H19N3O2S. The molecule has 2 aromatic carbocycles. The number of benzene rings is 2. The number of rotatable bonds is 7. The molecular weight excluding hydrogens is 322 g/mol. The number of aromatic nitrogens is 1. The van der Waals surface area contributed by atoms with Crippen LogP contribution in [0, 0.1) is 0 Å². The smallest absolute Gasteiger partial charge is 0.239 e. The Morgan fingerprint density at radius 3 is 2.71 bits per heavy atom. The fourth-order valence-electron chi connectivity index (χ4n) is 2.24. The monoisotopic (exact) mass is 341 g/mol. The Morgan fingerprint density at radius 2 is 1.92 bits per heavy atom. The number of fused-ring (bicyclic) bond motifs is 1. The third-order valence-electron chi connectivity index (χ3n) is 3.43. The lowest BCUT2D eigenvalue weighted by molar-refractivity contribution is -0.119. The lowest BCUT2D eigenvalue weighted by Gasteiger charge is -2.15. The summed E-state index contributed by atoms with van der Waals surface area (Å²) in [5, 5.41) is 3.70. The van der Waals surface area contributed by atoms with E-state index in [2.05, 4.69) is 10.3 Å². The molecule has 1 aromatic heterocycles. The van der Waals surface area contributed by atoms with Gasteiger partial charge >= 0.3 is 0 Å². The zero-order valence-corrected chi connectivity index (χ0v) is 14.3. The van der Waals surface area contributed by atoms with Crippen LogP contribution in [0.3, 0.4) is 0 Å². The van der Waals surface area contributed by atoms with Gasteiger partial charge in [-0.2, -0.15) is 0 Å². The van der Waals surface area contributed by atoms with Crippen LogP contribution in [-0.2, 0) is 4.79 Å². The third-order valence-corrected chi connectivity index (χ3v) is 4.58. The molecule has 1 heterocycles. The predicted molar refractivity (Wildman–Crippen MR) is 97.8 cm³/mol. The third kappa shape index (κ3) is 4.23. The van der Waals surface area contributed by atoms with E-state index in [1.54, 1.807) is 11.3 Å². The Kier molecular flexibility index (Phi) is 5.28.